The Hall–Kier alpha value is -1.39. The molecule has 2 aromatic rings. The van der Waals surface area contributed by atoms with Crippen molar-refractivity contribution in [3.8, 4) is 0 Å². The summed E-state index contributed by atoms with van der Waals surface area (Å²) in [6.07, 6.45) is 2.59. The van der Waals surface area contributed by atoms with E-state index in [9.17, 15) is 0 Å². The molecule has 1 aromatic carbocycles. The Morgan fingerprint density at radius 1 is 1.50 bits per heavy atom. The molecular weight excluding hydrogens is 226 g/mol. The second kappa shape index (κ2) is 5.08. The first-order valence-electron chi connectivity index (χ1n) is 6.61. The summed E-state index contributed by atoms with van der Waals surface area (Å²) in [5, 5.41) is 6.98. The van der Waals surface area contributed by atoms with E-state index in [1.54, 1.807) is 0 Å². The van der Waals surface area contributed by atoms with Crippen LogP contribution < -0.4 is 10.6 Å². The van der Waals surface area contributed by atoms with Crippen LogP contribution in [0.15, 0.2) is 22.6 Å². The average molecular weight is 245 g/mol. The van der Waals surface area contributed by atoms with Gasteiger partial charge >= 0.3 is 0 Å². The smallest absolute Gasteiger partial charge is 0.192 e. The van der Waals surface area contributed by atoms with Crippen LogP contribution in [0.3, 0.4) is 0 Å². The fourth-order valence-electron chi connectivity index (χ4n) is 2.52. The fraction of sp³-hybridized carbons (Fsp3) is 0.500. The minimum absolute atomic E-state index is 0.642. The Bertz CT molecular complexity index is 529. The molecule has 0 radical (unpaired) electrons. The summed E-state index contributed by atoms with van der Waals surface area (Å²) < 4.78 is 5.47. The quantitative estimate of drug-likeness (QED) is 0.864. The predicted octanol–water partition coefficient (Wildman–Crippen LogP) is 1.98. The summed E-state index contributed by atoms with van der Waals surface area (Å²) in [4.78, 5) is 4.35. The van der Waals surface area contributed by atoms with Gasteiger partial charge in [0.25, 0.3) is 0 Å². The molecule has 0 saturated carbocycles. The van der Waals surface area contributed by atoms with Crippen molar-refractivity contribution in [1.29, 1.82) is 0 Å². The lowest BCUT2D eigenvalue weighted by atomic mass is 10.2. The largest absolute Gasteiger partial charge is 0.441 e. The van der Waals surface area contributed by atoms with Crippen LogP contribution in [-0.4, -0.2) is 24.1 Å². The highest BCUT2D eigenvalue weighted by molar-refractivity contribution is 5.73. The maximum absolute atomic E-state index is 5.47. The average Bonchev–Trinajstić information content (AvgIpc) is 2.96. The number of rotatable bonds is 4. The van der Waals surface area contributed by atoms with E-state index in [2.05, 4.69) is 27.8 Å². The van der Waals surface area contributed by atoms with Crippen molar-refractivity contribution < 1.29 is 4.42 Å². The lowest BCUT2D eigenvalue weighted by molar-refractivity contribution is 0.535. The molecule has 1 atom stereocenters. The second-order valence-corrected chi connectivity index (χ2v) is 4.96. The van der Waals surface area contributed by atoms with Gasteiger partial charge in [-0.3, -0.25) is 0 Å². The molecule has 0 aliphatic carbocycles. The summed E-state index contributed by atoms with van der Waals surface area (Å²) >= 11 is 0. The molecule has 2 heterocycles. The zero-order valence-electron chi connectivity index (χ0n) is 10.7. The summed E-state index contributed by atoms with van der Waals surface area (Å²) in [5.74, 6) is 0.727. The zero-order chi connectivity index (χ0) is 12.4. The molecule has 4 nitrogen and oxygen atoms in total. The molecule has 4 heteroatoms. The van der Waals surface area contributed by atoms with E-state index in [-0.39, 0.29) is 0 Å². The van der Waals surface area contributed by atoms with Crippen molar-refractivity contribution in [3.63, 3.8) is 0 Å². The normalized spacial score (nSPS) is 19.7. The number of fused-ring (bicyclic) bond motifs is 1. The Morgan fingerprint density at radius 2 is 2.44 bits per heavy atom. The highest BCUT2D eigenvalue weighted by Gasteiger charge is 2.12. The lowest BCUT2D eigenvalue weighted by Crippen LogP contribution is -2.33. The van der Waals surface area contributed by atoms with Crippen LogP contribution in [0.25, 0.3) is 11.1 Å². The highest BCUT2D eigenvalue weighted by Crippen LogP contribution is 2.16. The van der Waals surface area contributed by atoms with Crippen LogP contribution in [-0.2, 0) is 6.54 Å². The van der Waals surface area contributed by atoms with Gasteiger partial charge in [0.2, 0.25) is 0 Å². The molecule has 1 aliphatic rings. The minimum atomic E-state index is 0.642. The number of aryl methyl sites for hydroxylation is 1. The number of benzene rings is 1. The third kappa shape index (κ3) is 2.54. The van der Waals surface area contributed by atoms with Gasteiger partial charge < -0.3 is 15.1 Å². The molecular formula is C14H19N3O. The number of hydrogen-bond donors (Lipinski definition) is 2. The zero-order valence-corrected chi connectivity index (χ0v) is 10.7. The number of oxazole rings is 1. The Kier molecular flexibility index (Phi) is 3.30. The summed E-state index contributed by atoms with van der Waals surface area (Å²) in [5.41, 5.74) is 3.08. The van der Waals surface area contributed by atoms with E-state index in [4.69, 9.17) is 4.42 Å². The van der Waals surface area contributed by atoms with Gasteiger partial charge in [-0.1, -0.05) is 6.07 Å². The van der Waals surface area contributed by atoms with E-state index < -0.39 is 0 Å². The topological polar surface area (TPSA) is 50.1 Å². The van der Waals surface area contributed by atoms with Crippen molar-refractivity contribution in [2.75, 3.05) is 13.1 Å². The van der Waals surface area contributed by atoms with Crippen LogP contribution in [0.4, 0.5) is 0 Å². The number of hydrogen-bond acceptors (Lipinski definition) is 4. The van der Waals surface area contributed by atoms with Crippen LogP contribution in [0, 0.1) is 6.92 Å². The van der Waals surface area contributed by atoms with Crippen molar-refractivity contribution in [1.82, 2.24) is 15.6 Å². The van der Waals surface area contributed by atoms with E-state index in [1.807, 2.05) is 13.0 Å². The number of nitrogens with zero attached hydrogens (tertiary/aromatic N) is 1. The molecule has 1 aliphatic heterocycles. The molecule has 0 spiro atoms. The Balaban J connectivity index is 1.59. The standard InChI is InChI=1S/C14H19N3O/c1-10-17-13-7-11(4-5-14(13)18-10)8-15-9-12-3-2-6-16-12/h4-5,7,12,15-16H,2-3,6,8-9H2,1H3. The monoisotopic (exact) mass is 245 g/mol. The van der Waals surface area contributed by atoms with Crippen LogP contribution in [0.5, 0.6) is 0 Å². The number of nitrogens with one attached hydrogen (secondary N) is 2. The van der Waals surface area contributed by atoms with Gasteiger partial charge in [-0.2, -0.15) is 0 Å². The molecule has 1 aromatic heterocycles. The molecule has 96 valence electrons. The molecule has 2 N–H and O–H groups in total. The predicted molar refractivity (Wildman–Crippen MR) is 71.5 cm³/mol. The van der Waals surface area contributed by atoms with Gasteiger partial charge in [-0.05, 0) is 37.1 Å². The van der Waals surface area contributed by atoms with Crippen LogP contribution in [0.2, 0.25) is 0 Å². The van der Waals surface area contributed by atoms with E-state index >= 15 is 0 Å². The molecule has 18 heavy (non-hydrogen) atoms. The molecule has 0 amide bonds. The summed E-state index contributed by atoms with van der Waals surface area (Å²) in [7, 11) is 0. The first kappa shape index (κ1) is 11.7. The summed E-state index contributed by atoms with van der Waals surface area (Å²) in [6, 6.07) is 6.84. The lowest BCUT2D eigenvalue weighted by Gasteiger charge is -2.11. The third-order valence-electron chi connectivity index (χ3n) is 3.44. The van der Waals surface area contributed by atoms with Gasteiger partial charge in [0.05, 0.1) is 0 Å². The van der Waals surface area contributed by atoms with Crippen molar-refractivity contribution in [2.45, 2.75) is 32.4 Å². The molecule has 0 bridgehead atoms. The maximum atomic E-state index is 5.47. The first-order valence-corrected chi connectivity index (χ1v) is 6.61. The van der Waals surface area contributed by atoms with Gasteiger partial charge in [0, 0.05) is 26.1 Å². The SMILES string of the molecule is Cc1nc2cc(CNCC3CCCN3)ccc2o1. The van der Waals surface area contributed by atoms with Crippen molar-refractivity contribution >= 4 is 11.1 Å². The van der Waals surface area contributed by atoms with E-state index in [0.717, 1.165) is 36.6 Å². The minimum Gasteiger partial charge on any atom is -0.441 e. The molecule has 1 saturated heterocycles. The summed E-state index contributed by atoms with van der Waals surface area (Å²) in [6.45, 7) is 4.97. The van der Waals surface area contributed by atoms with Gasteiger partial charge in [-0.15, -0.1) is 0 Å². The van der Waals surface area contributed by atoms with Gasteiger partial charge in [0.1, 0.15) is 5.52 Å². The Labute approximate surface area is 107 Å². The fourth-order valence-corrected chi connectivity index (χ4v) is 2.52. The van der Waals surface area contributed by atoms with Crippen molar-refractivity contribution in [2.24, 2.45) is 0 Å². The maximum Gasteiger partial charge on any atom is 0.192 e. The molecule has 1 unspecified atom stereocenters. The van der Waals surface area contributed by atoms with Gasteiger partial charge in [0.15, 0.2) is 11.5 Å². The van der Waals surface area contributed by atoms with E-state index in [1.165, 1.54) is 18.4 Å². The number of aromatic nitrogens is 1. The van der Waals surface area contributed by atoms with Crippen molar-refractivity contribution in [3.05, 3.63) is 29.7 Å². The van der Waals surface area contributed by atoms with Gasteiger partial charge in [-0.25, -0.2) is 4.98 Å². The Morgan fingerprint density at radius 3 is 3.28 bits per heavy atom. The first-order chi connectivity index (χ1) is 8.81. The van der Waals surface area contributed by atoms with Crippen LogP contribution >= 0.6 is 0 Å². The highest BCUT2D eigenvalue weighted by atomic mass is 16.3. The second-order valence-electron chi connectivity index (χ2n) is 4.96. The van der Waals surface area contributed by atoms with E-state index in [0.29, 0.717) is 6.04 Å². The third-order valence-corrected chi connectivity index (χ3v) is 3.44. The van der Waals surface area contributed by atoms with Crippen LogP contribution in [0.1, 0.15) is 24.3 Å². The molecule has 3 rings (SSSR count). The molecule has 1 fully saturated rings.